The molecule has 2 aromatic rings. The molecule has 0 aliphatic carbocycles. The number of rotatable bonds is 2. The van der Waals surface area contributed by atoms with Gasteiger partial charge >= 0.3 is 0 Å². The molecule has 104 valence electrons. The molecule has 0 amide bonds. The first kappa shape index (κ1) is 13.4. The fourth-order valence-electron chi connectivity index (χ4n) is 2.44. The Labute approximate surface area is 128 Å². The van der Waals surface area contributed by atoms with Gasteiger partial charge in [0.25, 0.3) is 0 Å². The van der Waals surface area contributed by atoms with Gasteiger partial charge in [0.15, 0.2) is 0 Å². The molecular weight excluding hydrogens is 292 g/mol. The molecule has 1 aromatic heterocycles. The van der Waals surface area contributed by atoms with E-state index in [0.29, 0.717) is 4.64 Å². The van der Waals surface area contributed by atoms with Gasteiger partial charge in [0.1, 0.15) is 10.5 Å². The van der Waals surface area contributed by atoms with Crippen molar-refractivity contribution in [3.05, 3.63) is 46.3 Å². The molecule has 6 heteroatoms. The summed E-state index contributed by atoms with van der Waals surface area (Å²) in [5, 5.41) is 0.810. The van der Waals surface area contributed by atoms with Crippen LogP contribution >= 0.6 is 23.8 Å². The highest BCUT2D eigenvalue weighted by Crippen LogP contribution is 2.26. The van der Waals surface area contributed by atoms with Crippen LogP contribution in [0.2, 0.25) is 5.02 Å². The van der Waals surface area contributed by atoms with Crippen molar-refractivity contribution in [1.82, 2.24) is 9.97 Å². The van der Waals surface area contributed by atoms with Crippen molar-refractivity contribution < 1.29 is 0 Å². The van der Waals surface area contributed by atoms with Crippen molar-refractivity contribution in [3.63, 3.8) is 0 Å². The number of nitrogens with zero attached hydrogens (tertiary/aromatic N) is 3. The first-order valence-corrected chi connectivity index (χ1v) is 7.32. The molecule has 3 rings (SSSR count). The number of hydrogen-bond donors (Lipinski definition) is 1. The molecule has 2 heterocycles. The highest BCUT2D eigenvalue weighted by Gasteiger charge is 2.19. The van der Waals surface area contributed by atoms with Gasteiger partial charge in [-0.3, -0.25) is 0 Å². The maximum absolute atomic E-state index is 6.25. The fraction of sp³-hybridized carbons (Fsp3) is 0.286. The lowest BCUT2D eigenvalue weighted by atomic mass is 10.2. The van der Waals surface area contributed by atoms with E-state index in [1.54, 1.807) is 6.33 Å². The highest BCUT2D eigenvalue weighted by molar-refractivity contribution is 7.71. The zero-order chi connectivity index (χ0) is 13.9. The van der Waals surface area contributed by atoms with Gasteiger partial charge in [0.2, 0.25) is 0 Å². The lowest BCUT2D eigenvalue weighted by molar-refractivity contribution is 0.646. The second-order valence-electron chi connectivity index (χ2n) is 4.70. The van der Waals surface area contributed by atoms with Crippen molar-refractivity contribution in [3.8, 4) is 0 Å². The summed E-state index contributed by atoms with van der Waals surface area (Å²) >= 11 is 11.3. The molecule has 1 aliphatic rings. The van der Waals surface area contributed by atoms with Crippen LogP contribution in [0.4, 0.5) is 11.5 Å². The minimum absolute atomic E-state index is 0.618. The Hall–Kier alpha value is -1.59. The summed E-state index contributed by atoms with van der Waals surface area (Å²) < 4.78 is 0.618. The Kier molecular flexibility index (Phi) is 3.89. The Balaban J connectivity index is 1.71. The summed E-state index contributed by atoms with van der Waals surface area (Å²) in [5.41, 5.74) is 1.11. The standard InChI is InChI=1S/C14H15ClN4S/c15-11-3-1-2-4-12(11)18-5-7-19(8-6-18)13-9-14(20)17-10-16-13/h1-4,9-10H,5-8H2,(H,16,17,20). The molecule has 1 aromatic carbocycles. The normalized spacial score (nSPS) is 15.4. The summed E-state index contributed by atoms with van der Waals surface area (Å²) in [6.45, 7) is 3.74. The SMILES string of the molecule is S=c1cc(N2CCN(c3ccccc3Cl)CC2)[nH]cn1. The number of aromatic nitrogens is 2. The molecule has 1 N–H and O–H groups in total. The fourth-order valence-corrected chi connectivity index (χ4v) is 2.86. The molecule has 4 nitrogen and oxygen atoms in total. The van der Waals surface area contributed by atoms with Crippen LogP contribution in [0.1, 0.15) is 0 Å². The van der Waals surface area contributed by atoms with E-state index in [2.05, 4.69) is 25.8 Å². The van der Waals surface area contributed by atoms with E-state index >= 15 is 0 Å². The number of benzene rings is 1. The van der Waals surface area contributed by atoms with E-state index in [1.807, 2.05) is 24.3 Å². The average Bonchev–Trinajstić information content (AvgIpc) is 2.48. The maximum atomic E-state index is 6.25. The molecular formula is C14H15ClN4S. The average molecular weight is 307 g/mol. The monoisotopic (exact) mass is 306 g/mol. The largest absolute Gasteiger partial charge is 0.367 e. The number of hydrogen-bond acceptors (Lipinski definition) is 4. The zero-order valence-corrected chi connectivity index (χ0v) is 12.5. The smallest absolute Gasteiger partial charge is 0.131 e. The topological polar surface area (TPSA) is 35.2 Å². The summed E-state index contributed by atoms with van der Waals surface area (Å²) in [4.78, 5) is 11.8. The zero-order valence-electron chi connectivity index (χ0n) is 10.9. The van der Waals surface area contributed by atoms with E-state index in [1.165, 1.54) is 0 Å². The second-order valence-corrected chi connectivity index (χ2v) is 5.52. The highest BCUT2D eigenvalue weighted by atomic mass is 35.5. The van der Waals surface area contributed by atoms with Crippen LogP contribution in [0, 0.1) is 4.64 Å². The second kappa shape index (κ2) is 5.81. The van der Waals surface area contributed by atoms with Gasteiger partial charge in [-0.15, -0.1) is 0 Å². The van der Waals surface area contributed by atoms with E-state index in [9.17, 15) is 0 Å². The van der Waals surface area contributed by atoms with Crippen molar-refractivity contribution in [2.24, 2.45) is 0 Å². The number of para-hydroxylation sites is 1. The minimum Gasteiger partial charge on any atom is -0.367 e. The molecule has 1 aliphatic heterocycles. The molecule has 0 atom stereocenters. The Morgan fingerprint density at radius 3 is 2.50 bits per heavy atom. The van der Waals surface area contributed by atoms with Crippen molar-refractivity contribution in [1.29, 1.82) is 0 Å². The molecule has 0 saturated carbocycles. The van der Waals surface area contributed by atoms with Gasteiger partial charge in [-0.2, -0.15) is 0 Å². The van der Waals surface area contributed by atoms with Gasteiger partial charge < -0.3 is 14.8 Å². The molecule has 0 radical (unpaired) electrons. The third-order valence-corrected chi connectivity index (χ3v) is 4.02. The van der Waals surface area contributed by atoms with Gasteiger partial charge in [0, 0.05) is 32.2 Å². The Morgan fingerprint density at radius 1 is 1.10 bits per heavy atom. The summed E-state index contributed by atoms with van der Waals surface area (Å²) in [6, 6.07) is 9.88. The van der Waals surface area contributed by atoms with E-state index in [-0.39, 0.29) is 0 Å². The number of halogens is 1. The van der Waals surface area contributed by atoms with Crippen LogP contribution in [0.25, 0.3) is 0 Å². The van der Waals surface area contributed by atoms with Crippen molar-refractivity contribution >= 4 is 35.3 Å². The van der Waals surface area contributed by atoms with Crippen molar-refractivity contribution in [2.45, 2.75) is 0 Å². The number of piperazine rings is 1. The maximum Gasteiger partial charge on any atom is 0.131 e. The van der Waals surface area contributed by atoms with Crippen LogP contribution in [0.5, 0.6) is 0 Å². The van der Waals surface area contributed by atoms with Gasteiger partial charge in [-0.25, -0.2) is 4.98 Å². The Morgan fingerprint density at radius 2 is 1.80 bits per heavy atom. The first-order chi connectivity index (χ1) is 9.74. The van der Waals surface area contributed by atoms with Crippen LogP contribution in [-0.4, -0.2) is 36.1 Å². The number of anilines is 2. The number of aromatic amines is 1. The number of nitrogens with one attached hydrogen (secondary N) is 1. The number of H-pyrrole nitrogens is 1. The summed E-state index contributed by atoms with van der Waals surface area (Å²) in [6.07, 6.45) is 1.65. The van der Waals surface area contributed by atoms with Gasteiger partial charge in [-0.05, 0) is 12.1 Å². The first-order valence-electron chi connectivity index (χ1n) is 6.53. The Bertz CT molecular complexity index is 649. The lowest BCUT2D eigenvalue weighted by Gasteiger charge is -2.37. The minimum atomic E-state index is 0.618. The third kappa shape index (κ3) is 2.78. The van der Waals surface area contributed by atoms with E-state index in [4.69, 9.17) is 23.8 Å². The van der Waals surface area contributed by atoms with Crippen LogP contribution in [0.15, 0.2) is 36.7 Å². The van der Waals surface area contributed by atoms with Gasteiger partial charge in [-0.1, -0.05) is 36.0 Å². The van der Waals surface area contributed by atoms with Crippen molar-refractivity contribution in [2.75, 3.05) is 36.0 Å². The molecule has 1 saturated heterocycles. The predicted molar refractivity (Wildman–Crippen MR) is 85.3 cm³/mol. The molecule has 0 spiro atoms. The van der Waals surface area contributed by atoms with Crippen LogP contribution in [-0.2, 0) is 0 Å². The third-order valence-electron chi connectivity index (χ3n) is 3.48. The summed E-state index contributed by atoms with van der Waals surface area (Å²) in [5.74, 6) is 1.03. The predicted octanol–water partition coefficient (Wildman–Crippen LogP) is 3.12. The molecule has 0 bridgehead atoms. The molecule has 20 heavy (non-hydrogen) atoms. The van der Waals surface area contributed by atoms with E-state index in [0.717, 1.165) is 42.7 Å². The lowest BCUT2D eigenvalue weighted by Crippen LogP contribution is -2.46. The van der Waals surface area contributed by atoms with Crippen LogP contribution < -0.4 is 9.80 Å². The summed E-state index contributed by atoms with van der Waals surface area (Å²) in [7, 11) is 0. The molecule has 0 unspecified atom stereocenters. The van der Waals surface area contributed by atoms with Crippen LogP contribution in [0.3, 0.4) is 0 Å². The van der Waals surface area contributed by atoms with Gasteiger partial charge in [0.05, 0.1) is 17.0 Å². The van der Waals surface area contributed by atoms with E-state index < -0.39 is 0 Å². The molecule has 1 fully saturated rings. The quantitative estimate of drug-likeness (QED) is 0.865.